The van der Waals surface area contributed by atoms with Crippen LogP contribution in [0.3, 0.4) is 0 Å². The normalized spacial score (nSPS) is 11.1. The number of halogens is 1. The number of anilines is 2. The van der Waals surface area contributed by atoms with Gasteiger partial charge < -0.3 is 10.5 Å². The summed E-state index contributed by atoms with van der Waals surface area (Å²) in [5, 5.41) is 0. The van der Waals surface area contributed by atoms with Crippen LogP contribution in [0.5, 0.6) is 5.75 Å². The molecular formula is C14H15FN2O3S. The number of hydrogen-bond acceptors (Lipinski definition) is 4. The molecule has 21 heavy (non-hydrogen) atoms. The Bertz CT molecular complexity index is 748. The fourth-order valence-corrected chi connectivity index (χ4v) is 3.00. The molecule has 0 saturated heterocycles. The lowest BCUT2D eigenvalue weighted by Gasteiger charge is -2.10. The first-order valence-electron chi connectivity index (χ1n) is 6.08. The van der Waals surface area contributed by atoms with Gasteiger partial charge in [0, 0.05) is 11.8 Å². The second kappa shape index (κ2) is 6.01. The molecule has 0 fully saturated rings. The molecule has 112 valence electrons. The Morgan fingerprint density at radius 1 is 1.24 bits per heavy atom. The lowest BCUT2D eigenvalue weighted by Crippen LogP contribution is -2.16. The first-order valence-corrected chi connectivity index (χ1v) is 7.73. The van der Waals surface area contributed by atoms with Crippen molar-refractivity contribution in [2.75, 3.05) is 17.6 Å². The van der Waals surface area contributed by atoms with Gasteiger partial charge in [0.15, 0.2) is 0 Å². The second-order valence-electron chi connectivity index (χ2n) is 4.45. The molecule has 0 saturated carbocycles. The first kappa shape index (κ1) is 15.1. The van der Waals surface area contributed by atoms with Gasteiger partial charge in [-0.15, -0.1) is 0 Å². The zero-order valence-electron chi connectivity index (χ0n) is 11.3. The predicted molar refractivity (Wildman–Crippen MR) is 80.1 cm³/mol. The number of benzene rings is 2. The van der Waals surface area contributed by atoms with Gasteiger partial charge in [0.2, 0.25) is 10.0 Å². The van der Waals surface area contributed by atoms with E-state index in [0.717, 1.165) is 6.07 Å². The average Bonchev–Trinajstić information content (AvgIpc) is 2.40. The van der Waals surface area contributed by atoms with Crippen molar-refractivity contribution in [1.29, 1.82) is 0 Å². The molecule has 0 amide bonds. The number of sulfonamides is 1. The number of methoxy groups -OCH3 is 1. The number of ether oxygens (including phenoxy) is 1. The SMILES string of the molecule is COc1ccc(F)c(NS(=O)(=O)Cc2cccc(N)c2)c1. The van der Waals surface area contributed by atoms with Crippen LogP contribution in [0.2, 0.25) is 0 Å². The Morgan fingerprint density at radius 3 is 2.67 bits per heavy atom. The summed E-state index contributed by atoms with van der Waals surface area (Å²) in [5.41, 5.74) is 6.43. The molecule has 0 atom stereocenters. The minimum absolute atomic E-state index is 0.154. The third kappa shape index (κ3) is 4.09. The molecule has 2 rings (SSSR count). The third-order valence-electron chi connectivity index (χ3n) is 2.75. The van der Waals surface area contributed by atoms with Gasteiger partial charge in [-0.05, 0) is 29.8 Å². The molecular weight excluding hydrogens is 295 g/mol. The van der Waals surface area contributed by atoms with Crippen LogP contribution in [0.4, 0.5) is 15.8 Å². The smallest absolute Gasteiger partial charge is 0.237 e. The summed E-state index contributed by atoms with van der Waals surface area (Å²) in [6.45, 7) is 0. The lowest BCUT2D eigenvalue weighted by atomic mass is 10.2. The van der Waals surface area contributed by atoms with E-state index in [1.165, 1.54) is 19.2 Å². The average molecular weight is 310 g/mol. The molecule has 0 spiro atoms. The highest BCUT2D eigenvalue weighted by molar-refractivity contribution is 7.91. The van der Waals surface area contributed by atoms with E-state index < -0.39 is 15.8 Å². The molecule has 0 radical (unpaired) electrons. The van der Waals surface area contributed by atoms with Gasteiger partial charge in [-0.1, -0.05) is 12.1 Å². The number of nitrogens with one attached hydrogen (secondary N) is 1. The van der Waals surface area contributed by atoms with Gasteiger partial charge >= 0.3 is 0 Å². The summed E-state index contributed by atoms with van der Waals surface area (Å²) >= 11 is 0. The van der Waals surface area contributed by atoms with Crippen LogP contribution in [0.15, 0.2) is 42.5 Å². The Kier molecular flexibility index (Phi) is 4.32. The molecule has 0 aromatic heterocycles. The van der Waals surface area contributed by atoms with Crippen molar-refractivity contribution >= 4 is 21.4 Å². The van der Waals surface area contributed by atoms with Crippen LogP contribution >= 0.6 is 0 Å². The molecule has 2 aromatic carbocycles. The standard InChI is InChI=1S/C14H15FN2O3S/c1-20-12-5-6-13(15)14(8-12)17-21(18,19)9-10-3-2-4-11(16)7-10/h2-8,17H,9,16H2,1H3. The molecule has 0 aliphatic carbocycles. The summed E-state index contributed by atoms with van der Waals surface area (Å²) in [6.07, 6.45) is 0. The van der Waals surface area contributed by atoms with Crippen molar-refractivity contribution in [3.63, 3.8) is 0 Å². The summed E-state index contributed by atoms with van der Waals surface area (Å²) in [4.78, 5) is 0. The van der Waals surface area contributed by atoms with Gasteiger partial charge in [-0.2, -0.15) is 0 Å². The van der Waals surface area contributed by atoms with E-state index in [4.69, 9.17) is 10.5 Å². The van der Waals surface area contributed by atoms with Gasteiger partial charge in [0.1, 0.15) is 11.6 Å². The zero-order chi connectivity index (χ0) is 15.5. The Labute approximate surface area is 122 Å². The van der Waals surface area contributed by atoms with Gasteiger partial charge in [0.05, 0.1) is 18.6 Å². The van der Waals surface area contributed by atoms with Crippen molar-refractivity contribution in [2.24, 2.45) is 0 Å². The quantitative estimate of drug-likeness (QED) is 0.831. The zero-order valence-corrected chi connectivity index (χ0v) is 12.2. The third-order valence-corrected chi connectivity index (χ3v) is 3.99. The van der Waals surface area contributed by atoms with E-state index in [2.05, 4.69) is 4.72 Å². The highest BCUT2D eigenvalue weighted by Crippen LogP contribution is 2.23. The lowest BCUT2D eigenvalue weighted by molar-refractivity contribution is 0.414. The van der Waals surface area contributed by atoms with E-state index in [0.29, 0.717) is 17.0 Å². The van der Waals surface area contributed by atoms with E-state index in [-0.39, 0.29) is 11.4 Å². The van der Waals surface area contributed by atoms with Gasteiger partial charge in [-0.25, -0.2) is 12.8 Å². The van der Waals surface area contributed by atoms with Crippen LogP contribution in [0.25, 0.3) is 0 Å². The minimum Gasteiger partial charge on any atom is -0.497 e. The van der Waals surface area contributed by atoms with Crippen molar-refractivity contribution in [3.8, 4) is 5.75 Å². The van der Waals surface area contributed by atoms with Crippen molar-refractivity contribution in [1.82, 2.24) is 0 Å². The molecule has 0 aliphatic heterocycles. The summed E-state index contributed by atoms with van der Waals surface area (Å²) in [6, 6.07) is 10.3. The summed E-state index contributed by atoms with van der Waals surface area (Å²) in [7, 11) is -2.34. The molecule has 0 bridgehead atoms. The predicted octanol–water partition coefficient (Wildman–Crippen LogP) is 2.36. The highest BCUT2D eigenvalue weighted by Gasteiger charge is 2.15. The topological polar surface area (TPSA) is 81.4 Å². The molecule has 0 aliphatic rings. The number of nitrogens with two attached hydrogens (primary N) is 1. The Morgan fingerprint density at radius 2 is 2.00 bits per heavy atom. The van der Waals surface area contributed by atoms with Crippen molar-refractivity contribution in [2.45, 2.75) is 5.75 Å². The van der Waals surface area contributed by atoms with Crippen molar-refractivity contribution in [3.05, 3.63) is 53.8 Å². The largest absolute Gasteiger partial charge is 0.497 e. The van der Waals surface area contributed by atoms with E-state index in [1.807, 2.05) is 0 Å². The molecule has 3 N–H and O–H groups in total. The Balaban J connectivity index is 2.21. The van der Waals surface area contributed by atoms with Crippen LogP contribution < -0.4 is 15.2 Å². The second-order valence-corrected chi connectivity index (χ2v) is 6.17. The van der Waals surface area contributed by atoms with E-state index >= 15 is 0 Å². The van der Waals surface area contributed by atoms with Gasteiger partial charge in [-0.3, -0.25) is 4.72 Å². The summed E-state index contributed by atoms with van der Waals surface area (Å²) < 4.78 is 44.9. The number of nitrogen functional groups attached to an aromatic ring is 1. The van der Waals surface area contributed by atoms with E-state index in [9.17, 15) is 12.8 Å². The Hall–Kier alpha value is -2.28. The molecule has 7 heteroatoms. The minimum atomic E-state index is -3.75. The first-order chi connectivity index (χ1) is 9.89. The highest BCUT2D eigenvalue weighted by atomic mass is 32.2. The van der Waals surface area contributed by atoms with Gasteiger partial charge in [0.25, 0.3) is 0 Å². The van der Waals surface area contributed by atoms with Crippen LogP contribution in [0, 0.1) is 5.82 Å². The van der Waals surface area contributed by atoms with Crippen LogP contribution in [0.1, 0.15) is 5.56 Å². The summed E-state index contributed by atoms with van der Waals surface area (Å²) in [5.74, 6) is -0.612. The maximum absolute atomic E-state index is 13.6. The maximum atomic E-state index is 13.6. The fraction of sp³-hybridized carbons (Fsp3) is 0.143. The molecule has 0 heterocycles. The van der Waals surface area contributed by atoms with Crippen molar-refractivity contribution < 1.29 is 17.5 Å². The molecule has 5 nitrogen and oxygen atoms in total. The number of rotatable bonds is 5. The molecule has 0 unspecified atom stereocenters. The van der Waals surface area contributed by atoms with Crippen LogP contribution in [-0.2, 0) is 15.8 Å². The maximum Gasteiger partial charge on any atom is 0.237 e. The monoisotopic (exact) mass is 310 g/mol. The van der Waals surface area contributed by atoms with E-state index in [1.54, 1.807) is 24.3 Å². The number of hydrogen-bond donors (Lipinski definition) is 2. The van der Waals surface area contributed by atoms with Crippen LogP contribution in [-0.4, -0.2) is 15.5 Å². The molecule has 2 aromatic rings. The fourth-order valence-electron chi connectivity index (χ4n) is 1.82.